The molecule has 120 valence electrons. The van der Waals surface area contributed by atoms with Crippen LogP contribution < -0.4 is 5.32 Å². The standard InChI is InChI=1S/C16H18N4O3/c1-11(19-10-13(9-17-19)20(22)23)16(21)18-15-8-4-6-12-5-2-3-7-14(12)15/h2-3,5,7,9-11,15H,4,6,8H2,1H3,(H,18,21)/t11-,15+/m1/s1. The topological polar surface area (TPSA) is 90.1 Å². The zero-order chi connectivity index (χ0) is 16.4. The second-order valence-electron chi connectivity index (χ2n) is 5.76. The Morgan fingerprint density at radius 2 is 2.26 bits per heavy atom. The fourth-order valence-corrected chi connectivity index (χ4v) is 2.95. The first-order valence-corrected chi connectivity index (χ1v) is 7.63. The van der Waals surface area contributed by atoms with Crippen LogP contribution in [0.15, 0.2) is 36.7 Å². The third-order valence-corrected chi connectivity index (χ3v) is 4.26. The Hall–Kier alpha value is -2.70. The molecule has 1 aromatic heterocycles. The van der Waals surface area contributed by atoms with Gasteiger partial charge in [0.15, 0.2) is 0 Å². The fraction of sp³-hybridized carbons (Fsp3) is 0.375. The predicted molar refractivity (Wildman–Crippen MR) is 83.9 cm³/mol. The largest absolute Gasteiger partial charge is 0.347 e. The van der Waals surface area contributed by atoms with E-state index in [1.807, 2.05) is 18.2 Å². The van der Waals surface area contributed by atoms with E-state index < -0.39 is 11.0 Å². The predicted octanol–water partition coefficient (Wildman–Crippen LogP) is 2.55. The highest BCUT2D eigenvalue weighted by Crippen LogP contribution is 2.29. The monoisotopic (exact) mass is 314 g/mol. The number of amides is 1. The number of nitrogens with zero attached hydrogens (tertiary/aromatic N) is 3. The number of nitrogens with one attached hydrogen (secondary N) is 1. The molecule has 0 saturated carbocycles. The number of hydrogen-bond donors (Lipinski definition) is 1. The summed E-state index contributed by atoms with van der Waals surface area (Å²) in [7, 11) is 0. The van der Waals surface area contributed by atoms with Crippen molar-refractivity contribution in [1.29, 1.82) is 0 Å². The van der Waals surface area contributed by atoms with Gasteiger partial charge in [0.05, 0.1) is 11.0 Å². The molecule has 0 radical (unpaired) electrons. The van der Waals surface area contributed by atoms with Crippen molar-refractivity contribution in [1.82, 2.24) is 15.1 Å². The lowest BCUT2D eigenvalue weighted by molar-refractivity contribution is -0.385. The summed E-state index contributed by atoms with van der Waals surface area (Å²) in [4.78, 5) is 22.6. The molecule has 1 heterocycles. The maximum absolute atomic E-state index is 12.5. The molecule has 1 aliphatic rings. The van der Waals surface area contributed by atoms with Crippen molar-refractivity contribution in [2.75, 3.05) is 0 Å². The maximum atomic E-state index is 12.5. The van der Waals surface area contributed by atoms with E-state index >= 15 is 0 Å². The van der Waals surface area contributed by atoms with Gasteiger partial charge in [0.25, 0.3) is 0 Å². The van der Waals surface area contributed by atoms with Gasteiger partial charge in [-0.2, -0.15) is 5.10 Å². The Bertz CT molecular complexity index is 740. The first-order valence-electron chi connectivity index (χ1n) is 7.63. The molecule has 1 aromatic carbocycles. The Labute approximate surface area is 133 Å². The van der Waals surface area contributed by atoms with Crippen molar-refractivity contribution >= 4 is 11.6 Å². The lowest BCUT2D eigenvalue weighted by Gasteiger charge is -2.27. The molecule has 0 spiro atoms. The number of nitro groups is 1. The number of hydrogen-bond acceptors (Lipinski definition) is 4. The van der Waals surface area contributed by atoms with E-state index in [1.165, 1.54) is 16.4 Å². The zero-order valence-corrected chi connectivity index (χ0v) is 12.8. The molecule has 0 aliphatic heterocycles. The van der Waals surface area contributed by atoms with Gasteiger partial charge in [0.1, 0.15) is 18.4 Å². The first kappa shape index (κ1) is 15.2. The SMILES string of the molecule is C[C@H](C(=O)N[C@H]1CCCc2ccccc21)n1cc([N+](=O)[O-])cn1. The van der Waals surface area contributed by atoms with Crippen molar-refractivity contribution in [3.63, 3.8) is 0 Å². The highest BCUT2D eigenvalue weighted by Gasteiger charge is 2.25. The molecule has 0 saturated heterocycles. The zero-order valence-electron chi connectivity index (χ0n) is 12.8. The second kappa shape index (κ2) is 6.20. The van der Waals surface area contributed by atoms with Crippen molar-refractivity contribution in [2.24, 2.45) is 0 Å². The Balaban J connectivity index is 1.73. The number of rotatable bonds is 4. The Morgan fingerprint density at radius 3 is 3.00 bits per heavy atom. The van der Waals surface area contributed by atoms with Crippen LogP contribution in [0.2, 0.25) is 0 Å². The van der Waals surface area contributed by atoms with Gasteiger partial charge in [-0.05, 0) is 37.3 Å². The van der Waals surface area contributed by atoms with Crippen molar-refractivity contribution in [3.05, 3.63) is 57.9 Å². The van der Waals surface area contributed by atoms with Crippen LogP contribution in [-0.2, 0) is 11.2 Å². The van der Waals surface area contributed by atoms with Crippen LogP contribution in [0.3, 0.4) is 0 Å². The normalized spacial score (nSPS) is 18.0. The summed E-state index contributed by atoms with van der Waals surface area (Å²) >= 11 is 0. The molecule has 23 heavy (non-hydrogen) atoms. The molecular formula is C16H18N4O3. The lowest BCUT2D eigenvalue weighted by atomic mass is 9.87. The van der Waals surface area contributed by atoms with Crippen molar-refractivity contribution < 1.29 is 9.72 Å². The van der Waals surface area contributed by atoms with Crippen LogP contribution in [-0.4, -0.2) is 20.6 Å². The summed E-state index contributed by atoms with van der Waals surface area (Å²) in [5, 5.41) is 17.7. The van der Waals surface area contributed by atoms with Crippen molar-refractivity contribution in [3.8, 4) is 0 Å². The first-order chi connectivity index (χ1) is 11.1. The minimum Gasteiger partial charge on any atom is -0.347 e. The highest BCUT2D eigenvalue weighted by atomic mass is 16.6. The molecule has 0 bridgehead atoms. The van der Waals surface area contributed by atoms with Crippen LogP contribution in [0.25, 0.3) is 0 Å². The summed E-state index contributed by atoms with van der Waals surface area (Å²) in [5.41, 5.74) is 2.31. The molecule has 2 atom stereocenters. The van der Waals surface area contributed by atoms with E-state index in [2.05, 4.69) is 16.5 Å². The maximum Gasteiger partial charge on any atom is 0.307 e. The van der Waals surface area contributed by atoms with E-state index in [0.717, 1.165) is 31.0 Å². The van der Waals surface area contributed by atoms with Crippen LogP contribution in [0.1, 0.15) is 43.0 Å². The minimum atomic E-state index is -0.599. The number of aromatic nitrogens is 2. The summed E-state index contributed by atoms with van der Waals surface area (Å²) < 4.78 is 1.32. The summed E-state index contributed by atoms with van der Waals surface area (Å²) in [6, 6.07) is 7.51. The molecule has 7 heteroatoms. The Morgan fingerprint density at radius 1 is 1.48 bits per heavy atom. The molecular weight excluding hydrogens is 296 g/mol. The number of aryl methyl sites for hydroxylation is 1. The summed E-state index contributed by atoms with van der Waals surface area (Å²) in [6.45, 7) is 1.68. The van der Waals surface area contributed by atoms with Gasteiger partial charge in [0.2, 0.25) is 5.91 Å². The number of benzene rings is 1. The van der Waals surface area contributed by atoms with Gasteiger partial charge in [0, 0.05) is 0 Å². The highest BCUT2D eigenvalue weighted by molar-refractivity contribution is 5.80. The fourth-order valence-electron chi connectivity index (χ4n) is 2.95. The molecule has 7 nitrogen and oxygen atoms in total. The molecule has 1 N–H and O–H groups in total. The van der Waals surface area contributed by atoms with E-state index in [-0.39, 0.29) is 17.6 Å². The van der Waals surface area contributed by atoms with E-state index in [4.69, 9.17) is 0 Å². The van der Waals surface area contributed by atoms with Gasteiger partial charge >= 0.3 is 5.69 Å². The van der Waals surface area contributed by atoms with Gasteiger partial charge in [-0.1, -0.05) is 24.3 Å². The molecule has 0 unspecified atom stereocenters. The third-order valence-electron chi connectivity index (χ3n) is 4.26. The minimum absolute atomic E-state index is 0.0135. The summed E-state index contributed by atoms with van der Waals surface area (Å²) in [5.74, 6) is -0.190. The average molecular weight is 314 g/mol. The van der Waals surface area contributed by atoms with Gasteiger partial charge in [-0.3, -0.25) is 19.6 Å². The van der Waals surface area contributed by atoms with E-state index in [9.17, 15) is 14.9 Å². The third kappa shape index (κ3) is 3.08. The van der Waals surface area contributed by atoms with Crippen LogP contribution in [0.4, 0.5) is 5.69 Å². The summed E-state index contributed by atoms with van der Waals surface area (Å²) in [6.07, 6.45) is 5.39. The van der Waals surface area contributed by atoms with Gasteiger partial charge < -0.3 is 5.32 Å². The molecule has 0 fully saturated rings. The molecule has 1 amide bonds. The van der Waals surface area contributed by atoms with Crippen LogP contribution >= 0.6 is 0 Å². The number of carbonyl (C=O) groups is 1. The molecule has 1 aliphatic carbocycles. The second-order valence-corrected chi connectivity index (χ2v) is 5.76. The van der Waals surface area contributed by atoms with Gasteiger partial charge in [-0.15, -0.1) is 0 Å². The van der Waals surface area contributed by atoms with Crippen molar-refractivity contribution in [2.45, 2.75) is 38.3 Å². The van der Waals surface area contributed by atoms with E-state index in [1.54, 1.807) is 6.92 Å². The molecule has 2 aromatic rings. The number of fused-ring (bicyclic) bond motifs is 1. The smallest absolute Gasteiger partial charge is 0.307 e. The lowest BCUT2D eigenvalue weighted by Crippen LogP contribution is -2.35. The van der Waals surface area contributed by atoms with Gasteiger partial charge in [-0.25, -0.2) is 0 Å². The quantitative estimate of drug-likeness (QED) is 0.693. The average Bonchev–Trinajstić information content (AvgIpc) is 3.04. The number of carbonyl (C=O) groups excluding carboxylic acids is 1. The molecule has 3 rings (SSSR count). The Kier molecular flexibility index (Phi) is 4.10. The van der Waals surface area contributed by atoms with Crippen LogP contribution in [0, 0.1) is 10.1 Å². The van der Waals surface area contributed by atoms with E-state index in [0.29, 0.717) is 0 Å². The van der Waals surface area contributed by atoms with Crippen LogP contribution in [0.5, 0.6) is 0 Å².